The van der Waals surface area contributed by atoms with Crippen LogP contribution in [0.1, 0.15) is 20.8 Å². The van der Waals surface area contributed by atoms with E-state index in [1.807, 2.05) is 0 Å². The summed E-state index contributed by atoms with van der Waals surface area (Å²) < 4.78 is 0. The molecule has 0 aliphatic heterocycles. The van der Waals surface area contributed by atoms with Crippen molar-refractivity contribution < 1.29 is 17.0 Å². The van der Waals surface area contributed by atoms with E-state index in [0.29, 0.717) is 0 Å². The first-order chi connectivity index (χ1) is 3.35. The molecular weight excluding hydrogens is 225 g/mol. The summed E-state index contributed by atoms with van der Waals surface area (Å²) in [5.74, 6) is 0. The molecule has 0 saturated heterocycles. The van der Waals surface area contributed by atoms with Gasteiger partial charge in [0.25, 0.3) is 0 Å². The average Bonchev–Trinajstić information content (AvgIpc) is 1.72. The second-order valence-electron chi connectivity index (χ2n) is 1.81. The zero-order valence-corrected chi connectivity index (χ0v) is 9.68. The van der Waals surface area contributed by atoms with Crippen molar-refractivity contribution in [2.75, 3.05) is 0 Å². The summed E-state index contributed by atoms with van der Waals surface area (Å²) in [6.07, 6.45) is 0. The van der Waals surface area contributed by atoms with Crippen LogP contribution in [0.15, 0.2) is 0 Å². The standard InChI is InChI=1S/C6H15Ge.BrH/c1-4-7(5-2)6-3;/h4-6H2,1-3H3;1H/q+1;/p-1. The number of hydrogen-bond donors (Lipinski definition) is 0. The predicted octanol–water partition coefficient (Wildman–Crippen LogP) is -0.455. The van der Waals surface area contributed by atoms with Gasteiger partial charge in [-0.05, 0) is 0 Å². The van der Waals surface area contributed by atoms with E-state index in [-0.39, 0.29) is 17.0 Å². The Morgan fingerprint density at radius 3 is 1.12 bits per heavy atom. The van der Waals surface area contributed by atoms with Crippen molar-refractivity contribution >= 4 is 14.3 Å². The molecule has 8 heavy (non-hydrogen) atoms. The maximum atomic E-state index is 2.34. The van der Waals surface area contributed by atoms with Crippen molar-refractivity contribution in [1.82, 2.24) is 0 Å². The van der Waals surface area contributed by atoms with E-state index < -0.39 is 14.3 Å². The van der Waals surface area contributed by atoms with Gasteiger partial charge < -0.3 is 17.0 Å². The molecule has 0 heterocycles. The maximum Gasteiger partial charge on any atom is -1.00 e. The summed E-state index contributed by atoms with van der Waals surface area (Å²) in [6, 6.07) is 0. The molecule has 0 aromatic carbocycles. The minimum atomic E-state index is -0.403. The van der Waals surface area contributed by atoms with Gasteiger partial charge in [0.15, 0.2) is 0 Å². The van der Waals surface area contributed by atoms with E-state index in [4.69, 9.17) is 0 Å². The fourth-order valence-corrected chi connectivity index (χ4v) is 3.90. The van der Waals surface area contributed by atoms with Gasteiger partial charge in [-0.15, -0.1) is 0 Å². The van der Waals surface area contributed by atoms with E-state index in [0.717, 1.165) is 0 Å². The summed E-state index contributed by atoms with van der Waals surface area (Å²) >= 11 is -0.403. The van der Waals surface area contributed by atoms with E-state index >= 15 is 0 Å². The molecule has 0 nitrogen and oxygen atoms in total. The first-order valence-corrected chi connectivity index (χ1v) is 7.63. The molecule has 50 valence electrons. The molecule has 0 aromatic rings. The molecule has 0 saturated carbocycles. The fourth-order valence-electron chi connectivity index (χ4n) is 0.750. The van der Waals surface area contributed by atoms with Gasteiger partial charge in [-0.1, -0.05) is 0 Å². The Kier molecular flexibility index (Phi) is 11.8. The van der Waals surface area contributed by atoms with Crippen LogP contribution in [0.2, 0.25) is 15.8 Å². The molecule has 0 unspecified atom stereocenters. The average molecular weight is 240 g/mol. The van der Waals surface area contributed by atoms with Gasteiger partial charge >= 0.3 is 50.9 Å². The Hall–Kier alpha value is 1.02. The summed E-state index contributed by atoms with van der Waals surface area (Å²) in [7, 11) is 0. The Morgan fingerprint density at radius 2 is 1.12 bits per heavy atom. The largest absolute Gasteiger partial charge is 1.00 e. The first-order valence-electron chi connectivity index (χ1n) is 3.18. The van der Waals surface area contributed by atoms with Gasteiger partial charge in [0.2, 0.25) is 0 Å². The first kappa shape index (κ1) is 11.8. The van der Waals surface area contributed by atoms with E-state index in [2.05, 4.69) is 20.8 Å². The summed E-state index contributed by atoms with van der Waals surface area (Å²) in [4.78, 5) is 0. The number of hydrogen-bond acceptors (Lipinski definition) is 0. The van der Waals surface area contributed by atoms with Crippen LogP contribution in [0.4, 0.5) is 0 Å². The van der Waals surface area contributed by atoms with Crippen LogP contribution in [0.5, 0.6) is 0 Å². The monoisotopic (exact) mass is 240 g/mol. The molecule has 0 bridgehead atoms. The summed E-state index contributed by atoms with van der Waals surface area (Å²) in [5, 5.41) is 4.56. The molecule has 0 radical (unpaired) electrons. The third-order valence-electron chi connectivity index (χ3n) is 1.50. The van der Waals surface area contributed by atoms with Crippen molar-refractivity contribution in [3.8, 4) is 0 Å². The third kappa shape index (κ3) is 5.17. The topological polar surface area (TPSA) is 0 Å². The second kappa shape index (κ2) is 8.02. The van der Waals surface area contributed by atoms with Gasteiger partial charge in [0.05, 0.1) is 0 Å². The Morgan fingerprint density at radius 1 is 0.875 bits per heavy atom. The molecule has 0 fully saturated rings. The van der Waals surface area contributed by atoms with Gasteiger partial charge in [-0.3, -0.25) is 0 Å². The smallest absolute Gasteiger partial charge is 1.00 e. The molecule has 0 aliphatic carbocycles. The molecule has 2 heteroatoms. The zero-order valence-electron chi connectivity index (χ0n) is 6.00. The molecule has 0 rings (SSSR count). The van der Waals surface area contributed by atoms with Crippen molar-refractivity contribution in [3.63, 3.8) is 0 Å². The number of rotatable bonds is 3. The molecular formula is C6H15BrGe. The van der Waals surface area contributed by atoms with Crippen LogP contribution in [0, 0.1) is 0 Å². The van der Waals surface area contributed by atoms with Gasteiger partial charge in [-0.25, -0.2) is 0 Å². The van der Waals surface area contributed by atoms with Crippen LogP contribution >= 0.6 is 0 Å². The predicted molar refractivity (Wildman–Crippen MR) is 37.2 cm³/mol. The third-order valence-corrected chi connectivity index (χ3v) is 7.79. The van der Waals surface area contributed by atoms with Crippen LogP contribution in [0.3, 0.4) is 0 Å². The minimum absolute atomic E-state index is 0. The van der Waals surface area contributed by atoms with Crippen LogP contribution in [-0.4, -0.2) is 14.3 Å². The Balaban J connectivity index is 0. The van der Waals surface area contributed by atoms with E-state index in [1.165, 1.54) is 15.8 Å². The van der Waals surface area contributed by atoms with E-state index in [1.54, 1.807) is 0 Å². The molecule has 0 atom stereocenters. The van der Waals surface area contributed by atoms with Crippen LogP contribution in [0.25, 0.3) is 0 Å². The summed E-state index contributed by atoms with van der Waals surface area (Å²) in [6.45, 7) is 7.01. The normalized spacial score (nSPS) is 7.88. The number of halogens is 1. The van der Waals surface area contributed by atoms with Gasteiger partial charge in [-0.2, -0.15) is 0 Å². The zero-order chi connectivity index (χ0) is 5.70. The van der Waals surface area contributed by atoms with E-state index in [9.17, 15) is 0 Å². The summed E-state index contributed by atoms with van der Waals surface area (Å²) in [5.41, 5.74) is 0. The van der Waals surface area contributed by atoms with Crippen molar-refractivity contribution in [2.45, 2.75) is 36.5 Å². The molecule has 0 spiro atoms. The Labute approximate surface area is 67.9 Å². The molecule has 0 N–H and O–H groups in total. The SMILES string of the molecule is C[CH2][Ge+]([CH2]C)[CH2]C.[Br-]. The minimum Gasteiger partial charge on any atom is -1.00 e. The van der Waals surface area contributed by atoms with Crippen molar-refractivity contribution in [3.05, 3.63) is 0 Å². The van der Waals surface area contributed by atoms with Gasteiger partial charge in [0, 0.05) is 0 Å². The molecule has 0 amide bonds. The van der Waals surface area contributed by atoms with Crippen molar-refractivity contribution in [2.24, 2.45) is 0 Å². The van der Waals surface area contributed by atoms with Crippen LogP contribution in [-0.2, 0) is 0 Å². The second-order valence-corrected chi connectivity index (χ2v) is 9.41. The van der Waals surface area contributed by atoms with Gasteiger partial charge in [0.1, 0.15) is 0 Å². The Bertz CT molecular complexity index is 30.0. The van der Waals surface area contributed by atoms with Crippen LogP contribution < -0.4 is 17.0 Å². The molecule has 0 aromatic heterocycles. The fraction of sp³-hybridized carbons (Fsp3) is 1.00. The van der Waals surface area contributed by atoms with Crippen molar-refractivity contribution in [1.29, 1.82) is 0 Å². The quantitative estimate of drug-likeness (QED) is 0.585. The maximum absolute atomic E-state index is 2.34. The molecule has 0 aliphatic rings.